The molecule has 0 bridgehead atoms. The highest BCUT2D eigenvalue weighted by atomic mass is 16.6. The maximum atomic E-state index is 12.4. The molecule has 0 radical (unpaired) electrons. The van der Waals surface area contributed by atoms with Crippen LogP contribution in [0.5, 0.6) is 0 Å². The minimum atomic E-state index is -1.05. The van der Waals surface area contributed by atoms with Gasteiger partial charge in [0.05, 0.1) is 12.2 Å². The molecule has 0 unspecified atom stereocenters. The number of rotatable bonds is 30. The number of esters is 2. The van der Waals surface area contributed by atoms with E-state index in [1.54, 1.807) is 12.2 Å². The number of hydrogen-bond acceptors (Lipinski definition) is 8. The summed E-state index contributed by atoms with van der Waals surface area (Å²) in [5.41, 5.74) is 0. The normalized spacial score (nSPS) is 19.5. The van der Waals surface area contributed by atoms with Gasteiger partial charge in [0.15, 0.2) is 0 Å². The first-order valence-corrected chi connectivity index (χ1v) is 19.3. The van der Waals surface area contributed by atoms with E-state index in [-0.39, 0.29) is 49.6 Å². The second-order valence-electron chi connectivity index (χ2n) is 14.3. The molecule has 0 aromatic heterocycles. The van der Waals surface area contributed by atoms with Gasteiger partial charge in [0, 0.05) is 31.1 Å². The third-order valence-electron chi connectivity index (χ3n) is 9.24. The molecule has 0 heterocycles. The van der Waals surface area contributed by atoms with Crippen LogP contribution < -0.4 is 0 Å². The Morgan fingerprint density at radius 1 is 0.771 bits per heavy atom. The maximum Gasteiger partial charge on any atom is 0.305 e. The molecule has 0 aromatic rings. The van der Waals surface area contributed by atoms with Crippen molar-refractivity contribution < 1.29 is 39.2 Å². The highest BCUT2D eigenvalue weighted by molar-refractivity contribution is 5.84. The van der Waals surface area contributed by atoms with Crippen molar-refractivity contribution in [3.05, 3.63) is 24.3 Å². The lowest BCUT2D eigenvalue weighted by atomic mass is 9.90. The summed E-state index contributed by atoms with van der Waals surface area (Å²) in [6, 6.07) is 0. The molecule has 0 aliphatic heterocycles. The first-order valence-electron chi connectivity index (χ1n) is 19.3. The Bertz CT molecular complexity index is 898. The lowest BCUT2D eigenvalue weighted by Gasteiger charge is -2.16. The molecule has 0 aromatic carbocycles. The van der Waals surface area contributed by atoms with Crippen LogP contribution in [0.1, 0.15) is 162 Å². The van der Waals surface area contributed by atoms with Gasteiger partial charge in [0.1, 0.15) is 25.1 Å². The fourth-order valence-electron chi connectivity index (χ4n) is 6.19. The van der Waals surface area contributed by atoms with Gasteiger partial charge in [-0.25, -0.2) is 0 Å². The van der Waals surface area contributed by atoms with Crippen molar-refractivity contribution >= 4 is 17.7 Å². The minimum absolute atomic E-state index is 0.0319. The van der Waals surface area contributed by atoms with E-state index in [0.29, 0.717) is 32.1 Å². The number of hydrogen-bond donors (Lipinski definition) is 3. The predicted molar refractivity (Wildman–Crippen MR) is 192 cm³/mol. The Morgan fingerprint density at radius 3 is 1.90 bits per heavy atom. The van der Waals surface area contributed by atoms with Crippen LogP contribution in [0.2, 0.25) is 0 Å². The Kier molecular flexibility index (Phi) is 26.4. The van der Waals surface area contributed by atoms with Crippen LogP contribution in [0.25, 0.3) is 0 Å². The number of aliphatic hydroxyl groups is 3. The number of Topliss-reactive ketones (excluding diaryl/α,β-unsaturated/α-hetero) is 1. The molecule has 8 heteroatoms. The number of carbonyl (C=O) groups excluding carboxylic acids is 3. The van der Waals surface area contributed by atoms with Crippen molar-refractivity contribution in [1.82, 2.24) is 0 Å². The van der Waals surface area contributed by atoms with Crippen molar-refractivity contribution in [2.75, 3.05) is 13.2 Å². The van der Waals surface area contributed by atoms with Gasteiger partial charge in [-0.05, 0) is 38.0 Å². The van der Waals surface area contributed by atoms with E-state index in [2.05, 4.69) is 20.8 Å². The van der Waals surface area contributed by atoms with Crippen molar-refractivity contribution in [2.24, 2.45) is 17.8 Å². The SMILES string of the molecule is CCCCC[C@H](O)/C=C/[C@H]1[C@H](O)CC(=O)[C@@H]1C/C=C\CCCC(=O)OC[C@@H](O)COC(=O)CCCCCCCCCCCCCC(C)C. The van der Waals surface area contributed by atoms with E-state index in [4.69, 9.17) is 9.47 Å². The maximum absolute atomic E-state index is 12.4. The Labute approximate surface area is 292 Å². The van der Waals surface area contributed by atoms with Gasteiger partial charge in [0.2, 0.25) is 0 Å². The second kappa shape index (κ2) is 28.8. The van der Waals surface area contributed by atoms with Crippen LogP contribution in [0.15, 0.2) is 24.3 Å². The number of unbranched alkanes of at least 4 members (excludes halogenated alkanes) is 13. The minimum Gasteiger partial charge on any atom is -0.463 e. The largest absolute Gasteiger partial charge is 0.463 e. The van der Waals surface area contributed by atoms with Crippen LogP contribution in [0, 0.1) is 17.8 Å². The number of carbonyl (C=O) groups is 3. The standard InChI is InChI=1S/C40H70O8/c1-4-5-17-23-33(41)27-28-36-35(37(43)29-38(36)44)24-19-15-16-21-26-40(46)48-31-34(42)30-47-39(45)25-20-14-12-10-8-6-7-9-11-13-18-22-32(2)3/h15,19,27-28,32-36,38,41-42,44H,4-14,16-18,20-26,29-31H2,1-3H3/b19-15-,28-27+/t33-,34-,35+,36+,38+/m0/s1. The summed E-state index contributed by atoms with van der Waals surface area (Å²) >= 11 is 0. The molecule has 1 rings (SSSR count). The van der Waals surface area contributed by atoms with Gasteiger partial charge in [-0.1, -0.05) is 135 Å². The fourth-order valence-corrected chi connectivity index (χ4v) is 6.19. The Hall–Kier alpha value is -2.03. The average molecular weight is 679 g/mol. The molecule has 1 saturated carbocycles. The summed E-state index contributed by atoms with van der Waals surface area (Å²) in [6.45, 7) is 6.29. The van der Waals surface area contributed by atoms with Crippen molar-refractivity contribution in [3.63, 3.8) is 0 Å². The molecule has 1 aliphatic rings. The first-order chi connectivity index (χ1) is 23.1. The Balaban J connectivity index is 2.06. The predicted octanol–water partition coefficient (Wildman–Crippen LogP) is 8.34. The van der Waals surface area contributed by atoms with E-state index < -0.39 is 24.3 Å². The van der Waals surface area contributed by atoms with Crippen molar-refractivity contribution in [2.45, 2.75) is 180 Å². The van der Waals surface area contributed by atoms with Crippen molar-refractivity contribution in [1.29, 1.82) is 0 Å². The van der Waals surface area contributed by atoms with Gasteiger partial charge in [0.25, 0.3) is 0 Å². The van der Waals surface area contributed by atoms with E-state index in [1.165, 1.54) is 57.8 Å². The van der Waals surface area contributed by atoms with E-state index in [9.17, 15) is 29.7 Å². The monoisotopic (exact) mass is 679 g/mol. The smallest absolute Gasteiger partial charge is 0.305 e. The van der Waals surface area contributed by atoms with Gasteiger partial charge in [-0.3, -0.25) is 14.4 Å². The van der Waals surface area contributed by atoms with Gasteiger partial charge >= 0.3 is 11.9 Å². The molecule has 0 amide bonds. The number of allylic oxidation sites excluding steroid dienone is 2. The third kappa shape index (κ3) is 23.3. The van der Waals surface area contributed by atoms with Gasteiger partial charge < -0.3 is 24.8 Å². The molecule has 3 N–H and O–H groups in total. The molecule has 1 aliphatic carbocycles. The summed E-state index contributed by atoms with van der Waals surface area (Å²) in [5, 5.41) is 30.5. The molecule has 8 nitrogen and oxygen atoms in total. The van der Waals surface area contributed by atoms with Crippen LogP contribution in [-0.2, 0) is 23.9 Å². The van der Waals surface area contributed by atoms with E-state index in [0.717, 1.165) is 44.4 Å². The second-order valence-corrected chi connectivity index (χ2v) is 14.3. The fraction of sp³-hybridized carbons (Fsp3) is 0.825. The number of aliphatic hydroxyl groups excluding tert-OH is 3. The highest BCUT2D eigenvalue weighted by Gasteiger charge is 2.39. The molecular formula is C40H70O8. The van der Waals surface area contributed by atoms with Crippen LogP contribution in [-0.4, -0.2) is 64.6 Å². The number of ether oxygens (including phenoxy) is 2. The zero-order valence-corrected chi connectivity index (χ0v) is 30.6. The van der Waals surface area contributed by atoms with E-state index in [1.807, 2.05) is 12.2 Å². The number of ketones is 1. The van der Waals surface area contributed by atoms with E-state index >= 15 is 0 Å². The Morgan fingerprint density at radius 2 is 1.31 bits per heavy atom. The van der Waals surface area contributed by atoms with Gasteiger partial charge in [-0.2, -0.15) is 0 Å². The van der Waals surface area contributed by atoms with Crippen LogP contribution >= 0.6 is 0 Å². The summed E-state index contributed by atoms with van der Waals surface area (Å²) in [4.78, 5) is 36.5. The third-order valence-corrected chi connectivity index (χ3v) is 9.24. The summed E-state index contributed by atoms with van der Waals surface area (Å²) in [7, 11) is 0. The molecule has 0 saturated heterocycles. The molecule has 5 atom stereocenters. The lowest BCUT2D eigenvalue weighted by Crippen LogP contribution is -2.25. The lowest BCUT2D eigenvalue weighted by molar-refractivity contribution is -0.152. The molecule has 1 fully saturated rings. The molecule has 278 valence electrons. The highest BCUT2D eigenvalue weighted by Crippen LogP contribution is 2.33. The molecular weight excluding hydrogens is 608 g/mol. The molecule has 48 heavy (non-hydrogen) atoms. The zero-order valence-electron chi connectivity index (χ0n) is 30.6. The molecule has 0 spiro atoms. The summed E-state index contributed by atoms with van der Waals surface area (Å²) in [5.74, 6) is -0.516. The van der Waals surface area contributed by atoms with Crippen LogP contribution in [0.4, 0.5) is 0 Å². The first kappa shape index (κ1) is 44.0. The zero-order chi connectivity index (χ0) is 35.4. The van der Waals surface area contributed by atoms with Crippen molar-refractivity contribution in [3.8, 4) is 0 Å². The van der Waals surface area contributed by atoms with Crippen LogP contribution in [0.3, 0.4) is 0 Å². The van der Waals surface area contributed by atoms with Gasteiger partial charge in [-0.15, -0.1) is 0 Å². The average Bonchev–Trinajstić information content (AvgIpc) is 3.32. The summed E-state index contributed by atoms with van der Waals surface area (Å²) in [6.07, 6.45) is 26.0. The quantitative estimate of drug-likeness (QED) is 0.0393. The summed E-state index contributed by atoms with van der Waals surface area (Å²) < 4.78 is 10.3. The topological polar surface area (TPSA) is 130 Å².